The number of aromatic nitrogens is 2. The lowest BCUT2D eigenvalue weighted by Crippen LogP contribution is -2.34. The van der Waals surface area contributed by atoms with E-state index in [2.05, 4.69) is 37.7 Å². The average Bonchev–Trinajstić information content (AvgIpc) is 2.41. The van der Waals surface area contributed by atoms with Gasteiger partial charge in [-0.1, -0.05) is 19.8 Å². The lowest BCUT2D eigenvalue weighted by molar-refractivity contribution is 0.371. The molecule has 0 saturated carbocycles. The van der Waals surface area contributed by atoms with Crippen molar-refractivity contribution in [1.29, 1.82) is 0 Å². The summed E-state index contributed by atoms with van der Waals surface area (Å²) in [5, 5.41) is 0. The number of hydrogen-bond acceptors (Lipinski definition) is 4. The van der Waals surface area contributed by atoms with Crippen LogP contribution in [0.15, 0.2) is 10.7 Å². The van der Waals surface area contributed by atoms with Gasteiger partial charge in [0.05, 0.1) is 17.8 Å². The van der Waals surface area contributed by atoms with E-state index in [4.69, 9.17) is 4.74 Å². The Morgan fingerprint density at radius 2 is 2.17 bits per heavy atom. The fourth-order valence-electron chi connectivity index (χ4n) is 2.47. The zero-order valence-corrected chi connectivity index (χ0v) is 12.6. The number of anilines is 1. The second kappa shape index (κ2) is 6.36. The number of hydrogen-bond donors (Lipinski definition) is 0. The Morgan fingerprint density at radius 3 is 2.78 bits per heavy atom. The van der Waals surface area contributed by atoms with Gasteiger partial charge in [-0.15, -0.1) is 0 Å². The summed E-state index contributed by atoms with van der Waals surface area (Å²) in [4.78, 5) is 11.1. The Kier molecular flexibility index (Phi) is 4.80. The molecule has 1 aliphatic rings. The summed E-state index contributed by atoms with van der Waals surface area (Å²) in [7, 11) is 1.63. The first-order chi connectivity index (χ1) is 8.74. The maximum Gasteiger partial charge on any atom is 0.232 e. The molecule has 18 heavy (non-hydrogen) atoms. The van der Waals surface area contributed by atoms with E-state index in [1.807, 2.05) is 0 Å². The SMILES string of the molecule is CCCC1CCN(c2ncc(Br)c(OC)n2)CC1. The van der Waals surface area contributed by atoms with Gasteiger partial charge < -0.3 is 9.64 Å². The molecule has 100 valence electrons. The van der Waals surface area contributed by atoms with Gasteiger partial charge in [-0.2, -0.15) is 4.98 Å². The summed E-state index contributed by atoms with van der Waals surface area (Å²) < 4.78 is 6.01. The molecule has 0 bridgehead atoms. The van der Waals surface area contributed by atoms with Crippen molar-refractivity contribution in [2.24, 2.45) is 5.92 Å². The molecule has 5 heteroatoms. The van der Waals surface area contributed by atoms with Gasteiger partial charge in [0.2, 0.25) is 11.8 Å². The summed E-state index contributed by atoms with van der Waals surface area (Å²) in [6, 6.07) is 0. The van der Waals surface area contributed by atoms with E-state index in [0.29, 0.717) is 5.88 Å². The van der Waals surface area contributed by atoms with Gasteiger partial charge in [-0.25, -0.2) is 4.98 Å². The van der Waals surface area contributed by atoms with Crippen LogP contribution in [0.1, 0.15) is 32.6 Å². The summed E-state index contributed by atoms with van der Waals surface area (Å²) in [6.45, 7) is 4.36. The van der Waals surface area contributed by atoms with Crippen molar-refractivity contribution in [3.05, 3.63) is 10.7 Å². The average molecular weight is 314 g/mol. The Balaban J connectivity index is 2.01. The summed E-state index contributed by atoms with van der Waals surface area (Å²) in [6.07, 6.45) is 6.89. The third-order valence-corrected chi connectivity index (χ3v) is 4.03. The van der Waals surface area contributed by atoms with Gasteiger partial charge in [0.1, 0.15) is 0 Å². The zero-order valence-electron chi connectivity index (χ0n) is 11.0. The van der Waals surface area contributed by atoms with Crippen molar-refractivity contribution in [3.63, 3.8) is 0 Å². The molecule has 0 amide bonds. The van der Waals surface area contributed by atoms with Gasteiger partial charge in [0, 0.05) is 13.1 Å². The van der Waals surface area contributed by atoms with E-state index in [-0.39, 0.29) is 0 Å². The van der Waals surface area contributed by atoms with E-state index < -0.39 is 0 Å². The van der Waals surface area contributed by atoms with Crippen LogP contribution in [-0.4, -0.2) is 30.2 Å². The molecule has 0 radical (unpaired) electrons. The predicted molar refractivity (Wildman–Crippen MR) is 76.1 cm³/mol. The van der Waals surface area contributed by atoms with Gasteiger partial charge in [0.15, 0.2) is 0 Å². The number of piperidine rings is 1. The number of methoxy groups -OCH3 is 1. The first-order valence-electron chi connectivity index (χ1n) is 6.56. The number of rotatable bonds is 4. The lowest BCUT2D eigenvalue weighted by Gasteiger charge is -2.31. The minimum Gasteiger partial charge on any atom is -0.480 e. The topological polar surface area (TPSA) is 38.2 Å². The van der Waals surface area contributed by atoms with Gasteiger partial charge in [-0.05, 0) is 34.7 Å². The zero-order chi connectivity index (χ0) is 13.0. The quantitative estimate of drug-likeness (QED) is 0.855. The highest BCUT2D eigenvalue weighted by molar-refractivity contribution is 9.10. The molecular weight excluding hydrogens is 294 g/mol. The Morgan fingerprint density at radius 1 is 1.44 bits per heavy atom. The van der Waals surface area contributed by atoms with E-state index in [0.717, 1.165) is 29.4 Å². The van der Waals surface area contributed by atoms with Crippen LogP contribution in [0.3, 0.4) is 0 Å². The molecule has 1 aliphatic heterocycles. The van der Waals surface area contributed by atoms with Crippen LogP contribution >= 0.6 is 15.9 Å². The molecule has 0 spiro atoms. The van der Waals surface area contributed by atoms with Crippen LogP contribution < -0.4 is 9.64 Å². The van der Waals surface area contributed by atoms with Gasteiger partial charge in [-0.3, -0.25) is 0 Å². The van der Waals surface area contributed by atoms with Crippen molar-refractivity contribution in [2.45, 2.75) is 32.6 Å². The first kappa shape index (κ1) is 13.6. The second-order valence-corrected chi connectivity index (χ2v) is 5.60. The van der Waals surface area contributed by atoms with Crippen LogP contribution in [0, 0.1) is 5.92 Å². The monoisotopic (exact) mass is 313 g/mol. The Bertz CT molecular complexity index is 392. The van der Waals surface area contributed by atoms with Crippen LogP contribution in [0.2, 0.25) is 0 Å². The Hall–Kier alpha value is -0.840. The van der Waals surface area contributed by atoms with Crippen molar-refractivity contribution in [3.8, 4) is 5.88 Å². The van der Waals surface area contributed by atoms with Gasteiger partial charge >= 0.3 is 0 Å². The summed E-state index contributed by atoms with van der Waals surface area (Å²) in [5.74, 6) is 2.27. The maximum absolute atomic E-state index is 5.21. The highest BCUT2D eigenvalue weighted by Crippen LogP contribution is 2.27. The third-order valence-electron chi connectivity index (χ3n) is 3.49. The highest BCUT2D eigenvalue weighted by atomic mass is 79.9. The molecule has 1 saturated heterocycles. The predicted octanol–water partition coefficient (Wildman–Crippen LogP) is 3.26. The molecule has 1 aromatic rings. The lowest BCUT2D eigenvalue weighted by atomic mass is 9.93. The molecule has 1 fully saturated rings. The molecule has 0 aromatic carbocycles. The molecule has 0 N–H and O–H groups in total. The van der Waals surface area contributed by atoms with E-state index in [9.17, 15) is 0 Å². The minimum atomic E-state index is 0.607. The minimum absolute atomic E-state index is 0.607. The highest BCUT2D eigenvalue weighted by Gasteiger charge is 2.21. The van der Waals surface area contributed by atoms with Crippen molar-refractivity contribution < 1.29 is 4.74 Å². The molecule has 2 rings (SSSR count). The normalized spacial score (nSPS) is 16.9. The molecule has 2 heterocycles. The van der Waals surface area contributed by atoms with Crippen LogP contribution in [0.5, 0.6) is 5.88 Å². The number of nitrogens with zero attached hydrogens (tertiary/aromatic N) is 3. The van der Waals surface area contributed by atoms with Crippen LogP contribution in [-0.2, 0) is 0 Å². The molecule has 4 nitrogen and oxygen atoms in total. The third kappa shape index (κ3) is 3.13. The molecule has 0 unspecified atom stereocenters. The maximum atomic E-state index is 5.21. The smallest absolute Gasteiger partial charge is 0.232 e. The standard InChI is InChI=1S/C13H20BrN3O/c1-3-4-10-5-7-17(8-6-10)13-15-9-11(14)12(16-13)18-2/h9-10H,3-8H2,1-2H3. The summed E-state index contributed by atoms with van der Waals surface area (Å²) >= 11 is 3.38. The first-order valence-corrected chi connectivity index (χ1v) is 7.35. The summed E-state index contributed by atoms with van der Waals surface area (Å²) in [5.41, 5.74) is 0. The van der Waals surface area contributed by atoms with Crippen molar-refractivity contribution in [2.75, 3.05) is 25.1 Å². The molecule has 1 aromatic heterocycles. The molecular formula is C13H20BrN3O. The van der Waals surface area contributed by atoms with E-state index in [1.54, 1.807) is 13.3 Å². The van der Waals surface area contributed by atoms with Crippen LogP contribution in [0.4, 0.5) is 5.95 Å². The second-order valence-electron chi connectivity index (χ2n) is 4.75. The molecule has 0 atom stereocenters. The number of halogens is 1. The number of ether oxygens (including phenoxy) is 1. The largest absolute Gasteiger partial charge is 0.480 e. The molecule has 0 aliphatic carbocycles. The Labute approximate surface area is 117 Å². The van der Waals surface area contributed by atoms with Gasteiger partial charge in [0.25, 0.3) is 0 Å². The van der Waals surface area contributed by atoms with Crippen molar-refractivity contribution >= 4 is 21.9 Å². The van der Waals surface area contributed by atoms with Crippen LogP contribution in [0.25, 0.3) is 0 Å². The fourth-order valence-corrected chi connectivity index (χ4v) is 2.82. The fraction of sp³-hybridized carbons (Fsp3) is 0.692. The van der Waals surface area contributed by atoms with E-state index in [1.165, 1.54) is 25.7 Å². The van der Waals surface area contributed by atoms with Crippen molar-refractivity contribution in [1.82, 2.24) is 9.97 Å². The van der Waals surface area contributed by atoms with E-state index >= 15 is 0 Å².